The van der Waals surface area contributed by atoms with Crippen LogP contribution in [0.3, 0.4) is 0 Å². The molecule has 0 aliphatic carbocycles. The van der Waals surface area contributed by atoms with Crippen molar-refractivity contribution >= 4 is 39.1 Å². The third-order valence-electron chi connectivity index (χ3n) is 5.31. The first-order chi connectivity index (χ1) is 16.6. The molecule has 186 valence electrons. The molecule has 3 rings (SSSR count). The van der Waals surface area contributed by atoms with E-state index in [4.69, 9.17) is 32.7 Å². The molecular weight excluding hydrogens is 511 g/mol. The minimum Gasteiger partial charge on any atom is -0.496 e. The number of carbonyl (C=O) groups is 1. The first kappa shape index (κ1) is 26.8. The first-order valence-electron chi connectivity index (χ1n) is 10.6. The summed E-state index contributed by atoms with van der Waals surface area (Å²) in [5.74, 6) is 0.600. The van der Waals surface area contributed by atoms with E-state index in [1.807, 2.05) is 6.92 Å². The van der Waals surface area contributed by atoms with Gasteiger partial charge in [0.2, 0.25) is 15.9 Å². The van der Waals surface area contributed by atoms with Crippen LogP contribution in [0, 0.1) is 6.92 Å². The van der Waals surface area contributed by atoms with Gasteiger partial charge >= 0.3 is 0 Å². The molecule has 0 unspecified atom stereocenters. The van der Waals surface area contributed by atoms with Gasteiger partial charge in [0.25, 0.3) is 0 Å². The summed E-state index contributed by atoms with van der Waals surface area (Å²) in [5.41, 5.74) is 2.15. The van der Waals surface area contributed by atoms with Crippen molar-refractivity contribution in [2.45, 2.75) is 24.9 Å². The summed E-state index contributed by atoms with van der Waals surface area (Å²) in [6, 6.07) is 16.6. The molecule has 35 heavy (non-hydrogen) atoms. The zero-order valence-electron chi connectivity index (χ0n) is 19.5. The molecule has 1 amide bonds. The van der Waals surface area contributed by atoms with Crippen LogP contribution in [0.2, 0.25) is 10.0 Å². The number of aryl methyl sites for hydroxylation is 1. The van der Waals surface area contributed by atoms with Gasteiger partial charge in [-0.2, -0.15) is 4.31 Å². The first-order valence-corrected chi connectivity index (χ1v) is 12.8. The molecule has 0 bridgehead atoms. The largest absolute Gasteiger partial charge is 0.496 e. The Morgan fingerprint density at radius 2 is 1.57 bits per heavy atom. The fourth-order valence-corrected chi connectivity index (χ4v) is 5.14. The molecule has 1 N–H and O–H groups in total. The van der Waals surface area contributed by atoms with Gasteiger partial charge in [-0.25, -0.2) is 8.42 Å². The van der Waals surface area contributed by atoms with E-state index in [2.05, 4.69) is 5.32 Å². The van der Waals surface area contributed by atoms with E-state index in [0.29, 0.717) is 32.7 Å². The number of hydrogen-bond donors (Lipinski definition) is 1. The predicted molar refractivity (Wildman–Crippen MR) is 137 cm³/mol. The number of rotatable bonds is 10. The van der Waals surface area contributed by atoms with Crippen LogP contribution in [0.15, 0.2) is 65.6 Å². The lowest BCUT2D eigenvalue weighted by molar-refractivity contribution is -0.121. The van der Waals surface area contributed by atoms with Gasteiger partial charge in [0.15, 0.2) is 0 Å². The van der Waals surface area contributed by atoms with Crippen LogP contribution in [-0.4, -0.2) is 39.4 Å². The van der Waals surface area contributed by atoms with Gasteiger partial charge in [-0.1, -0.05) is 53.0 Å². The van der Waals surface area contributed by atoms with E-state index in [1.165, 1.54) is 26.4 Å². The topological polar surface area (TPSA) is 84.9 Å². The normalized spacial score (nSPS) is 11.4. The van der Waals surface area contributed by atoms with Crippen LogP contribution >= 0.6 is 23.2 Å². The van der Waals surface area contributed by atoms with Gasteiger partial charge in [-0.05, 0) is 48.9 Å². The fraction of sp³-hybridized carbons (Fsp3) is 0.240. The molecule has 0 atom stereocenters. The van der Waals surface area contributed by atoms with Gasteiger partial charge in [-0.15, -0.1) is 0 Å². The number of amides is 1. The van der Waals surface area contributed by atoms with Crippen molar-refractivity contribution in [1.29, 1.82) is 0 Å². The quantitative estimate of drug-likeness (QED) is 0.401. The maximum atomic E-state index is 13.5. The number of halogens is 2. The second-order valence-corrected chi connectivity index (χ2v) is 10.5. The Labute approximate surface area is 215 Å². The lowest BCUT2D eigenvalue weighted by Crippen LogP contribution is -2.40. The number of hydrogen-bond acceptors (Lipinski definition) is 5. The van der Waals surface area contributed by atoms with Gasteiger partial charge < -0.3 is 14.8 Å². The summed E-state index contributed by atoms with van der Waals surface area (Å²) in [6.45, 7) is 1.48. The molecule has 0 saturated heterocycles. The Kier molecular flexibility index (Phi) is 9.02. The van der Waals surface area contributed by atoms with Crippen LogP contribution in [0.5, 0.6) is 11.5 Å². The smallest absolute Gasteiger partial charge is 0.243 e. The monoisotopic (exact) mass is 536 g/mol. The van der Waals surface area contributed by atoms with Crippen molar-refractivity contribution in [2.24, 2.45) is 0 Å². The molecule has 0 saturated carbocycles. The Balaban J connectivity index is 1.85. The lowest BCUT2D eigenvalue weighted by atomic mass is 10.1. The van der Waals surface area contributed by atoms with Gasteiger partial charge in [-0.3, -0.25) is 4.79 Å². The molecular formula is C25H26Cl2N2O5S. The number of sulfonamides is 1. The van der Waals surface area contributed by atoms with Crippen LogP contribution in [0.25, 0.3) is 0 Å². The third kappa shape index (κ3) is 6.67. The van der Waals surface area contributed by atoms with Crippen LogP contribution in [0.4, 0.5) is 0 Å². The van der Waals surface area contributed by atoms with Gasteiger partial charge in [0, 0.05) is 6.54 Å². The van der Waals surface area contributed by atoms with E-state index < -0.39 is 22.5 Å². The lowest BCUT2D eigenvalue weighted by Gasteiger charge is -2.22. The summed E-state index contributed by atoms with van der Waals surface area (Å²) in [5, 5.41) is 3.42. The van der Waals surface area contributed by atoms with E-state index >= 15 is 0 Å². The predicted octanol–water partition coefficient (Wildman–Crippen LogP) is 4.83. The second kappa shape index (κ2) is 11.8. The SMILES string of the molecule is COc1cccc(OC)c1CNC(=O)CN(Cc1ccc(Cl)c(Cl)c1)S(=O)(=O)c1ccc(C)cc1. The third-order valence-corrected chi connectivity index (χ3v) is 7.86. The van der Waals surface area contributed by atoms with Crippen molar-refractivity contribution in [3.63, 3.8) is 0 Å². The standard InChI is InChI=1S/C25H26Cl2N2O5S/c1-17-7-10-19(11-8-17)35(31,32)29(15-18-9-12-21(26)22(27)13-18)16-25(30)28-14-20-23(33-2)5-4-6-24(20)34-3/h4-13H,14-16H2,1-3H3,(H,28,30). The van der Waals surface area contributed by atoms with Crippen molar-refractivity contribution in [1.82, 2.24) is 9.62 Å². The highest BCUT2D eigenvalue weighted by Gasteiger charge is 2.27. The van der Waals surface area contributed by atoms with E-state index in [1.54, 1.807) is 48.5 Å². The summed E-state index contributed by atoms with van der Waals surface area (Å²) in [7, 11) is -0.954. The zero-order valence-corrected chi connectivity index (χ0v) is 21.9. The number of methoxy groups -OCH3 is 2. The Morgan fingerprint density at radius 3 is 2.14 bits per heavy atom. The molecule has 0 spiro atoms. The Morgan fingerprint density at radius 1 is 0.943 bits per heavy atom. The number of nitrogens with one attached hydrogen (secondary N) is 1. The van der Waals surface area contributed by atoms with E-state index in [-0.39, 0.29) is 18.0 Å². The number of carbonyl (C=O) groups excluding carboxylic acids is 1. The molecule has 0 aliphatic heterocycles. The van der Waals surface area contributed by atoms with Gasteiger partial charge in [0.05, 0.1) is 47.8 Å². The zero-order chi connectivity index (χ0) is 25.6. The summed E-state index contributed by atoms with van der Waals surface area (Å²) in [6.07, 6.45) is 0. The fourth-order valence-electron chi connectivity index (χ4n) is 3.43. The average molecular weight is 537 g/mol. The maximum absolute atomic E-state index is 13.5. The highest BCUT2D eigenvalue weighted by Crippen LogP contribution is 2.28. The van der Waals surface area contributed by atoms with Crippen LogP contribution in [-0.2, 0) is 27.9 Å². The number of ether oxygens (including phenoxy) is 2. The minimum absolute atomic E-state index is 0.0709. The Hall–Kier alpha value is -2.78. The molecule has 0 radical (unpaired) electrons. The van der Waals surface area contributed by atoms with Crippen LogP contribution in [0.1, 0.15) is 16.7 Å². The Bertz CT molecular complexity index is 1280. The molecule has 0 heterocycles. The minimum atomic E-state index is -4.00. The average Bonchev–Trinajstić information content (AvgIpc) is 2.84. The maximum Gasteiger partial charge on any atom is 0.243 e. The second-order valence-electron chi connectivity index (χ2n) is 7.75. The summed E-state index contributed by atoms with van der Waals surface area (Å²) >= 11 is 12.1. The number of nitrogens with zero attached hydrogens (tertiary/aromatic N) is 1. The molecule has 0 aromatic heterocycles. The molecule has 10 heteroatoms. The molecule has 3 aromatic carbocycles. The summed E-state index contributed by atoms with van der Waals surface area (Å²) in [4.78, 5) is 13.0. The number of benzene rings is 3. The van der Waals surface area contributed by atoms with E-state index in [0.717, 1.165) is 9.87 Å². The summed E-state index contributed by atoms with van der Waals surface area (Å²) < 4.78 is 38.7. The van der Waals surface area contributed by atoms with Crippen molar-refractivity contribution in [2.75, 3.05) is 20.8 Å². The highest BCUT2D eigenvalue weighted by molar-refractivity contribution is 7.89. The molecule has 0 fully saturated rings. The van der Waals surface area contributed by atoms with Crippen molar-refractivity contribution in [3.8, 4) is 11.5 Å². The van der Waals surface area contributed by atoms with E-state index in [9.17, 15) is 13.2 Å². The van der Waals surface area contributed by atoms with Crippen molar-refractivity contribution in [3.05, 3.63) is 87.4 Å². The molecule has 3 aromatic rings. The van der Waals surface area contributed by atoms with Gasteiger partial charge in [0.1, 0.15) is 11.5 Å². The molecule has 0 aliphatic rings. The van der Waals surface area contributed by atoms with Crippen molar-refractivity contribution < 1.29 is 22.7 Å². The van der Waals surface area contributed by atoms with Crippen LogP contribution < -0.4 is 14.8 Å². The highest BCUT2D eigenvalue weighted by atomic mass is 35.5. The molecule has 7 nitrogen and oxygen atoms in total.